The topological polar surface area (TPSA) is 111 Å². The molecule has 116 valence electrons. The van der Waals surface area contributed by atoms with E-state index >= 15 is 0 Å². The molecule has 0 saturated heterocycles. The van der Waals surface area contributed by atoms with Gasteiger partial charge in [0.1, 0.15) is 5.75 Å². The molecule has 0 aliphatic heterocycles. The van der Waals surface area contributed by atoms with Gasteiger partial charge in [0, 0.05) is 12.0 Å². The first-order valence-corrected chi connectivity index (χ1v) is 7.06. The van der Waals surface area contributed by atoms with Crippen LogP contribution in [-0.4, -0.2) is 11.1 Å². The van der Waals surface area contributed by atoms with E-state index in [0.29, 0.717) is 5.75 Å². The third-order valence-electron chi connectivity index (χ3n) is 3.51. The monoisotopic (exact) mass is 301 g/mol. The summed E-state index contributed by atoms with van der Waals surface area (Å²) in [5.74, 6) is 11.1. The van der Waals surface area contributed by atoms with E-state index in [4.69, 9.17) is 21.4 Å². The summed E-state index contributed by atoms with van der Waals surface area (Å²) in [6.07, 6.45) is 4.75. The molecule has 2 rings (SSSR count). The predicted octanol–water partition coefficient (Wildman–Crippen LogP) is 1.28. The Bertz CT molecular complexity index is 640. The van der Waals surface area contributed by atoms with E-state index in [9.17, 15) is 4.79 Å². The largest absolute Gasteiger partial charge is 0.476 e. The van der Waals surface area contributed by atoms with Gasteiger partial charge in [-0.25, -0.2) is 10.6 Å². The van der Waals surface area contributed by atoms with Crippen molar-refractivity contribution in [1.82, 2.24) is 5.43 Å². The zero-order valence-electron chi connectivity index (χ0n) is 12.1. The van der Waals surface area contributed by atoms with Gasteiger partial charge in [0.25, 0.3) is 0 Å². The van der Waals surface area contributed by atoms with E-state index in [1.165, 1.54) is 19.3 Å². The standard InChI is InChI=1S/C16H19N3O3/c17-14(16(20)21)15(19-18)22-13-9-3-8-12(10-13)7-2-6-11-4-1-5-11/h3,8-11,19H,1,4-6,17-18H2,(H,20,21)/b15-14+. The lowest BCUT2D eigenvalue weighted by molar-refractivity contribution is -0.132. The Morgan fingerprint density at radius 2 is 2.23 bits per heavy atom. The second-order valence-electron chi connectivity index (χ2n) is 5.13. The first kappa shape index (κ1) is 15.7. The number of rotatable bonds is 5. The van der Waals surface area contributed by atoms with E-state index in [1.807, 2.05) is 6.07 Å². The number of carboxylic acids is 1. The van der Waals surface area contributed by atoms with Gasteiger partial charge in [-0.15, -0.1) is 0 Å². The molecule has 0 amide bonds. The van der Waals surface area contributed by atoms with Crippen LogP contribution in [0, 0.1) is 17.8 Å². The fourth-order valence-corrected chi connectivity index (χ4v) is 2.01. The molecule has 0 heterocycles. The van der Waals surface area contributed by atoms with Gasteiger partial charge in [-0.3, -0.25) is 5.43 Å². The van der Waals surface area contributed by atoms with Crippen molar-refractivity contribution in [3.8, 4) is 17.6 Å². The lowest BCUT2D eigenvalue weighted by Crippen LogP contribution is -2.31. The number of aliphatic carboxylic acids is 1. The van der Waals surface area contributed by atoms with Crippen LogP contribution < -0.4 is 21.7 Å². The predicted molar refractivity (Wildman–Crippen MR) is 82.1 cm³/mol. The lowest BCUT2D eigenvalue weighted by atomic mass is 9.83. The van der Waals surface area contributed by atoms with Crippen LogP contribution >= 0.6 is 0 Å². The number of nitrogens with two attached hydrogens (primary N) is 2. The summed E-state index contributed by atoms with van der Waals surface area (Å²) in [7, 11) is 0. The van der Waals surface area contributed by atoms with Crippen LogP contribution in [-0.2, 0) is 4.79 Å². The van der Waals surface area contributed by atoms with Crippen LogP contribution in [0.1, 0.15) is 31.2 Å². The van der Waals surface area contributed by atoms with Crippen LogP contribution in [0.2, 0.25) is 0 Å². The number of carbonyl (C=O) groups is 1. The second kappa shape index (κ2) is 7.38. The van der Waals surface area contributed by atoms with Crippen LogP contribution in [0.15, 0.2) is 35.8 Å². The van der Waals surface area contributed by atoms with Crippen molar-refractivity contribution in [2.24, 2.45) is 17.5 Å². The zero-order valence-corrected chi connectivity index (χ0v) is 12.1. The summed E-state index contributed by atoms with van der Waals surface area (Å²) in [4.78, 5) is 10.8. The fraction of sp³-hybridized carbons (Fsp3) is 0.312. The number of hydrogen-bond donors (Lipinski definition) is 4. The maximum absolute atomic E-state index is 10.8. The highest BCUT2D eigenvalue weighted by atomic mass is 16.5. The molecule has 6 nitrogen and oxygen atoms in total. The summed E-state index contributed by atoms with van der Waals surface area (Å²) in [5, 5.41) is 8.83. The quantitative estimate of drug-likeness (QED) is 0.214. The van der Waals surface area contributed by atoms with Crippen molar-refractivity contribution in [3.63, 3.8) is 0 Å². The van der Waals surface area contributed by atoms with E-state index in [-0.39, 0.29) is 5.88 Å². The maximum Gasteiger partial charge on any atom is 0.357 e. The number of nitrogens with one attached hydrogen (secondary N) is 1. The summed E-state index contributed by atoms with van der Waals surface area (Å²) in [6, 6.07) is 7.01. The minimum atomic E-state index is -1.32. The molecule has 6 heteroatoms. The van der Waals surface area contributed by atoms with E-state index in [0.717, 1.165) is 17.9 Å². The zero-order chi connectivity index (χ0) is 15.9. The van der Waals surface area contributed by atoms with Gasteiger partial charge in [0.2, 0.25) is 5.88 Å². The Hall–Kier alpha value is -2.65. The molecule has 0 bridgehead atoms. The summed E-state index contributed by atoms with van der Waals surface area (Å²) in [5.41, 5.74) is 7.81. The average Bonchev–Trinajstić information content (AvgIpc) is 2.47. The van der Waals surface area contributed by atoms with Gasteiger partial charge in [-0.2, -0.15) is 0 Å². The van der Waals surface area contributed by atoms with Gasteiger partial charge in [-0.1, -0.05) is 24.3 Å². The lowest BCUT2D eigenvalue weighted by Gasteiger charge is -2.22. The molecule has 1 fully saturated rings. The van der Waals surface area contributed by atoms with Gasteiger partial charge in [-0.05, 0) is 37.0 Å². The Morgan fingerprint density at radius 1 is 1.45 bits per heavy atom. The van der Waals surface area contributed by atoms with Gasteiger partial charge < -0.3 is 15.6 Å². The van der Waals surface area contributed by atoms with E-state index in [2.05, 4.69) is 17.3 Å². The van der Waals surface area contributed by atoms with Crippen LogP contribution in [0.4, 0.5) is 0 Å². The summed E-state index contributed by atoms with van der Waals surface area (Å²) < 4.78 is 5.36. The molecule has 0 aromatic heterocycles. The number of carboxylic acid groups (broad SMARTS) is 1. The minimum Gasteiger partial charge on any atom is -0.476 e. The van der Waals surface area contributed by atoms with Crippen molar-refractivity contribution < 1.29 is 14.6 Å². The van der Waals surface area contributed by atoms with Gasteiger partial charge >= 0.3 is 5.97 Å². The minimum absolute atomic E-state index is 0.216. The number of benzene rings is 1. The first-order chi connectivity index (χ1) is 10.6. The highest BCUT2D eigenvalue weighted by molar-refractivity contribution is 5.85. The van der Waals surface area contributed by atoms with Crippen molar-refractivity contribution in [2.75, 3.05) is 0 Å². The molecular formula is C16H19N3O3. The second-order valence-corrected chi connectivity index (χ2v) is 5.13. The smallest absolute Gasteiger partial charge is 0.357 e. The Balaban J connectivity index is 2.07. The highest BCUT2D eigenvalue weighted by Crippen LogP contribution is 2.28. The average molecular weight is 301 g/mol. The normalized spacial score (nSPS) is 15.0. The van der Waals surface area contributed by atoms with Crippen molar-refractivity contribution in [1.29, 1.82) is 0 Å². The van der Waals surface area contributed by atoms with Crippen LogP contribution in [0.5, 0.6) is 5.75 Å². The molecule has 0 spiro atoms. The van der Waals surface area contributed by atoms with Crippen molar-refractivity contribution in [2.45, 2.75) is 25.7 Å². The Kier molecular flexibility index (Phi) is 5.28. The van der Waals surface area contributed by atoms with Gasteiger partial charge in [0.05, 0.1) is 0 Å². The van der Waals surface area contributed by atoms with E-state index < -0.39 is 11.7 Å². The first-order valence-electron chi connectivity index (χ1n) is 7.06. The number of hydrogen-bond acceptors (Lipinski definition) is 5. The molecular weight excluding hydrogens is 282 g/mol. The third kappa shape index (κ3) is 4.17. The molecule has 1 saturated carbocycles. The van der Waals surface area contributed by atoms with Crippen molar-refractivity contribution in [3.05, 3.63) is 41.4 Å². The molecule has 0 radical (unpaired) electrons. The molecule has 6 N–H and O–H groups in total. The third-order valence-corrected chi connectivity index (χ3v) is 3.51. The molecule has 1 aromatic carbocycles. The number of hydrazine groups is 1. The number of ether oxygens (including phenoxy) is 1. The van der Waals surface area contributed by atoms with E-state index in [1.54, 1.807) is 18.2 Å². The van der Waals surface area contributed by atoms with Crippen LogP contribution in [0.3, 0.4) is 0 Å². The van der Waals surface area contributed by atoms with Crippen molar-refractivity contribution >= 4 is 5.97 Å². The molecule has 22 heavy (non-hydrogen) atoms. The Morgan fingerprint density at radius 3 is 2.82 bits per heavy atom. The molecule has 0 unspecified atom stereocenters. The Labute approximate surface area is 129 Å². The molecule has 1 aliphatic rings. The molecule has 1 aromatic rings. The van der Waals surface area contributed by atoms with Crippen LogP contribution in [0.25, 0.3) is 0 Å². The van der Waals surface area contributed by atoms with Gasteiger partial charge in [0.15, 0.2) is 5.70 Å². The highest BCUT2D eigenvalue weighted by Gasteiger charge is 2.15. The fourth-order valence-electron chi connectivity index (χ4n) is 2.01. The molecule has 1 aliphatic carbocycles. The summed E-state index contributed by atoms with van der Waals surface area (Å²) >= 11 is 0. The summed E-state index contributed by atoms with van der Waals surface area (Å²) in [6.45, 7) is 0. The SMILES string of the molecule is NN/C(Oc1cccc(C#CCC2CCC2)c1)=C(\N)C(=O)O. The molecule has 0 atom stereocenters. The maximum atomic E-state index is 10.8.